The normalized spacial score (nSPS) is 4.00. The molecule has 0 bridgehead atoms. The van der Waals surface area contributed by atoms with Crippen LogP contribution >= 0.6 is 0 Å². The third kappa shape index (κ3) is 91.7. The van der Waals surface area contributed by atoms with E-state index in [1.807, 2.05) is 0 Å². The van der Waals surface area contributed by atoms with Crippen molar-refractivity contribution in [3.05, 3.63) is 0 Å². The predicted octanol–water partition coefficient (Wildman–Crippen LogP) is -3.26. The Morgan fingerprint density at radius 2 is 1.33 bits per heavy atom. The topological polar surface area (TPSA) is 63.2 Å². The first-order chi connectivity index (χ1) is 1.73. The fourth-order valence-electron chi connectivity index (χ4n) is 0. The zero-order valence-electron chi connectivity index (χ0n) is 2.79. The molecule has 0 aromatic heterocycles. The van der Waals surface area contributed by atoms with Crippen LogP contribution < -0.4 is 9.59 Å². The molecule has 0 rings (SSSR count). The molecule has 0 aliphatic heterocycles. The van der Waals surface area contributed by atoms with Crippen LogP contribution in [0.5, 0.6) is 0 Å². The molecule has 3 nitrogen and oxygen atoms in total. The van der Waals surface area contributed by atoms with Crippen molar-refractivity contribution in [2.24, 2.45) is 0 Å². The van der Waals surface area contributed by atoms with Gasteiger partial charge in [-0.25, -0.2) is 0 Å². The van der Waals surface area contributed by atoms with Gasteiger partial charge in [-0.3, -0.25) is 0 Å². The van der Waals surface area contributed by atoms with Gasteiger partial charge in [-0.15, -0.1) is 0 Å². The molecule has 0 unspecified atom stereocenters. The second-order valence-corrected chi connectivity index (χ2v) is 0.750. The first kappa shape index (κ1) is 15.8. The summed E-state index contributed by atoms with van der Waals surface area (Å²) in [6.07, 6.45) is 0. The van der Waals surface area contributed by atoms with Crippen LogP contribution in [-0.4, -0.2) is 32.2 Å². The summed E-state index contributed by atoms with van der Waals surface area (Å²) < 4.78 is 8.52. The van der Waals surface area contributed by atoms with Crippen LogP contribution in [0.3, 0.4) is 0 Å². The molecule has 6 heavy (non-hydrogen) atoms. The molecule has 0 aromatic carbocycles. The Morgan fingerprint density at radius 3 is 1.33 bits per heavy atom. The van der Waals surface area contributed by atoms with Crippen LogP contribution in [0, 0.1) is 0 Å². The van der Waals surface area contributed by atoms with Gasteiger partial charge in [-0.05, 0) is 0 Å². The Hall–Kier alpha value is 0.903. The first-order valence-corrected chi connectivity index (χ1v) is 1.84. The summed E-state index contributed by atoms with van der Waals surface area (Å²) in [5.41, 5.74) is 0. The van der Waals surface area contributed by atoms with Crippen molar-refractivity contribution in [1.82, 2.24) is 0 Å². The minimum absolute atomic E-state index is 0. The summed E-state index contributed by atoms with van der Waals surface area (Å²) >= 11 is 0. The molecule has 0 aromatic rings. The fourth-order valence-corrected chi connectivity index (χ4v) is 0. The van der Waals surface area contributed by atoms with Gasteiger partial charge in [0.15, 0.2) is 0 Å². The van der Waals surface area contributed by atoms with E-state index in [9.17, 15) is 0 Å². The van der Waals surface area contributed by atoms with Gasteiger partial charge in [-0.1, -0.05) is 0 Å². The Kier molecular flexibility index (Phi) is 24.5. The third-order valence-corrected chi connectivity index (χ3v) is 0. The molecule has 0 amide bonds. The quantitative estimate of drug-likeness (QED) is 0.346. The van der Waals surface area contributed by atoms with E-state index in [1.165, 1.54) is 0 Å². The van der Waals surface area contributed by atoms with Crippen molar-refractivity contribution in [2.75, 3.05) is 0 Å². The Labute approximate surface area is 63.3 Å². The maximum absolute atomic E-state index is 8.52. The molecule has 0 aliphatic rings. The third-order valence-electron chi connectivity index (χ3n) is 0. The molecule has 30 valence electrons. The largest absolute Gasteiger partial charge is 2.00 e. The van der Waals surface area contributed by atoms with Gasteiger partial charge in [0.25, 0.3) is 0 Å². The molecular weight excluding hydrogens is 156 g/mol. The molecule has 0 N–H and O–H groups in total. The Balaban J connectivity index is -0.0000000450. The van der Waals surface area contributed by atoms with E-state index < -0.39 is 9.17 Å². The summed E-state index contributed by atoms with van der Waals surface area (Å²) in [7, 11) is -3.63. The Bertz CT molecular complexity index is 33.8. The van der Waals surface area contributed by atoms with Crippen molar-refractivity contribution < 1.29 is 31.1 Å². The van der Waals surface area contributed by atoms with Crippen molar-refractivity contribution in [3.63, 3.8) is 0 Å². The van der Waals surface area contributed by atoms with Crippen molar-refractivity contribution >= 4 is 32.2 Å². The number of hydrogen-bond acceptors (Lipinski definition) is 3. The standard InChI is InChI=1S/Fe.Mg.O3Si/c;;1-4(2)3/q2*+2;-2. The van der Waals surface area contributed by atoms with Gasteiger partial charge in [0.1, 0.15) is 0 Å². The number of rotatable bonds is 0. The molecule has 0 saturated carbocycles. The summed E-state index contributed by atoms with van der Waals surface area (Å²) in [5.74, 6) is 0. The number of hydrogen-bond donors (Lipinski definition) is 0. The summed E-state index contributed by atoms with van der Waals surface area (Å²) in [4.78, 5) is 17.0. The van der Waals surface area contributed by atoms with E-state index in [1.54, 1.807) is 0 Å². The smallest absolute Gasteiger partial charge is 0.672 e. The van der Waals surface area contributed by atoms with Crippen LogP contribution in [0.4, 0.5) is 0 Å². The van der Waals surface area contributed by atoms with E-state index in [0.29, 0.717) is 0 Å². The van der Waals surface area contributed by atoms with Crippen LogP contribution in [0.25, 0.3) is 0 Å². The second-order valence-electron chi connectivity index (χ2n) is 0.250. The van der Waals surface area contributed by atoms with E-state index in [0.717, 1.165) is 0 Å². The first-order valence-electron chi connectivity index (χ1n) is 0.612. The minimum atomic E-state index is -3.63. The van der Waals surface area contributed by atoms with Gasteiger partial charge in [0.2, 0.25) is 0 Å². The monoisotopic (exact) mass is 156 g/mol. The average molecular weight is 156 g/mol. The zero-order chi connectivity index (χ0) is 3.58. The van der Waals surface area contributed by atoms with Gasteiger partial charge in [0, 0.05) is 9.17 Å². The van der Waals surface area contributed by atoms with Gasteiger partial charge >= 0.3 is 40.1 Å². The molecule has 0 saturated heterocycles. The maximum atomic E-state index is 8.52. The van der Waals surface area contributed by atoms with Crippen LogP contribution in [0.2, 0.25) is 0 Å². The molecule has 0 spiro atoms. The van der Waals surface area contributed by atoms with Crippen molar-refractivity contribution in [2.45, 2.75) is 0 Å². The fraction of sp³-hybridized carbons (Fsp3) is 0. The van der Waals surface area contributed by atoms with E-state index >= 15 is 0 Å². The van der Waals surface area contributed by atoms with Crippen LogP contribution in [0.15, 0.2) is 0 Å². The van der Waals surface area contributed by atoms with Crippen LogP contribution in [-0.2, 0) is 21.5 Å². The molecule has 0 atom stereocenters. The second kappa shape index (κ2) is 9.32. The van der Waals surface area contributed by atoms with E-state index in [2.05, 4.69) is 0 Å². The van der Waals surface area contributed by atoms with E-state index in [4.69, 9.17) is 14.1 Å². The molecule has 0 heterocycles. The maximum Gasteiger partial charge on any atom is 2.00 e. The zero-order valence-corrected chi connectivity index (χ0v) is 6.30. The molecule has 6 heteroatoms. The van der Waals surface area contributed by atoms with Gasteiger partial charge < -0.3 is 14.1 Å². The summed E-state index contributed by atoms with van der Waals surface area (Å²) in [6, 6.07) is 0. The average Bonchev–Trinajstić information content (AvgIpc) is 0.811. The Morgan fingerprint density at radius 1 is 1.33 bits per heavy atom. The van der Waals surface area contributed by atoms with Crippen LogP contribution in [0.1, 0.15) is 0 Å². The van der Waals surface area contributed by atoms with E-state index in [-0.39, 0.29) is 40.1 Å². The molecule has 0 aliphatic carbocycles. The molecule has 0 radical (unpaired) electrons. The van der Waals surface area contributed by atoms with Crippen molar-refractivity contribution in [3.8, 4) is 0 Å². The predicted molar refractivity (Wildman–Crippen MR) is 12.2 cm³/mol. The summed E-state index contributed by atoms with van der Waals surface area (Å²) in [5, 5.41) is 0. The molecule has 0 fully saturated rings. The molecular formula is FeMgO3Si+2. The minimum Gasteiger partial charge on any atom is -0.672 e. The van der Waals surface area contributed by atoms with Crippen molar-refractivity contribution in [1.29, 1.82) is 0 Å². The SMILES string of the molecule is O=[Si]([O-])[O-].[Fe+2].[Mg+2]. The summed E-state index contributed by atoms with van der Waals surface area (Å²) in [6.45, 7) is 0. The van der Waals surface area contributed by atoms with Gasteiger partial charge in [-0.2, -0.15) is 0 Å². The van der Waals surface area contributed by atoms with Gasteiger partial charge in [0.05, 0.1) is 0 Å².